The van der Waals surface area contributed by atoms with Crippen LogP contribution in [0.3, 0.4) is 0 Å². The summed E-state index contributed by atoms with van der Waals surface area (Å²) >= 11 is 0. The molecule has 2 heteroatoms. The zero-order valence-corrected chi connectivity index (χ0v) is 13.9. The van der Waals surface area contributed by atoms with Crippen molar-refractivity contribution >= 4 is 0 Å². The zero-order chi connectivity index (χ0) is 14.2. The van der Waals surface area contributed by atoms with Crippen molar-refractivity contribution in [2.45, 2.75) is 54.4 Å². The predicted octanol–water partition coefficient (Wildman–Crippen LogP) is 3.72. The molecule has 0 aromatic carbocycles. The van der Waals surface area contributed by atoms with Crippen LogP contribution < -0.4 is 0 Å². The lowest BCUT2D eigenvalue weighted by Crippen LogP contribution is -2.33. The average Bonchev–Trinajstić information content (AvgIpc) is 2.26. The number of hydrogen-bond donors (Lipinski definition) is 0. The van der Waals surface area contributed by atoms with Crippen LogP contribution in [-0.4, -0.2) is 49.6 Å². The fourth-order valence-corrected chi connectivity index (χ4v) is 2.60. The SMILES string of the molecule is CCN(C)CC(C)(C)CCCN(CC)CC(C)C. The Hall–Kier alpha value is -0.0800. The molecular weight excluding hydrogens is 220 g/mol. The van der Waals surface area contributed by atoms with Crippen molar-refractivity contribution in [1.29, 1.82) is 0 Å². The van der Waals surface area contributed by atoms with Crippen LogP contribution in [0.4, 0.5) is 0 Å². The van der Waals surface area contributed by atoms with Crippen LogP contribution >= 0.6 is 0 Å². The van der Waals surface area contributed by atoms with Gasteiger partial charge in [0.1, 0.15) is 0 Å². The first-order valence-electron chi connectivity index (χ1n) is 7.71. The second-order valence-corrected chi connectivity index (χ2v) is 6.89. The highest BCUT2D eigenvalue weighted by Crippen LogP contribution is 2.23. The van der Waals surface area contributed by atoms with Crippen LogP contribution in [0.5, 0.6) is 0 Å². The summed E-state index contributed by atoms with van der Waals surface area (Å²) in [5, 5.41) is 0. The molecule has 0 saturated heterocycles. The summed E-state index contributed by atoms with van der Waals surface area (Å²) in [6, 6.07) is 0. The zero-order valence-electron chi connectivity index (χ0n) is 13.9. The summed E-state index contributed by atoms with van der Waals surface area (Å²) in [4.78, 5) is 5.01. The van der Waals surface area contributed by atoms with Gasteiger partial charge in [0.25, 0.3) is 0 Å². The minimum atomic E-state index is 0.446. The maximum absolute atomic E-state index is 2.59. The first-order chi connectivity index (χ1) is 8.30. The Labute approximate surface area is 116 Å². The third-order valence-electron chi connectivity index (χ3n) is 3.64. The van der Waals surface area contributed by atoms with Crippen LogP contribution in [0.15, 0.2) is 0 Å². The molecule has 0 amide bonds. The maximum Gasteiger partial charge on any atom is 0.00295 e. The second-order valence-electron chi connectivity index (χ2n) is 6.89. The van der Waals surface area contributed by atoms with Crippen molar-refractivity contribution in [2.75, 3.05) is 39.8 Å². The van der Waals surface area contributed by atoms with Crippen LogP contribution in [0.1, 0.15) is 54.4 Å². The van der Waals surface area contributed by atoms with Crippen LogP contribution in [-0.2, 0) is 0 Å². The van der Waals surface area contributed by atoms with Gasteiger partial charge in [0.05, 0.1) is 0 Å². The molecule has 0 fully saturated rings. The van der Waals surface area contributed by atoms with Crippen molar-refractivity contribution in [2.24, 2.45) is 11.3 Å². The van der Waals surface area contributed by atoms with Gasteiger partial charge in [-0.2, -0.15) is 0 Å². The molecule has 0 saturated carbocycles. The molecule has 0 bridgehead atoms. The van der Waals surface area contributed by atoms with Crippen molar-refractivity contribution in [1.82, 2.24) is 9.80 Å². The Morgan fingerprint density at radius 3 is 2.11 bits per heavy atom. The fourth-order valence-electron chi connectivity index (χ4n) is 2.60. The van der Waals surface area contributed by atoms with Gasteiger partial charge in [0.2, 0.25) is 0 Å². The highest BCUT2D eigenvalue weighted by molar-refractivity contribution is 4.73. The van der Waals surface area contributed by atoms with E-state index in [2.05, 4.69) is 58.4 Å². The fraction of sp³-hybridized carbons (Fsp3) is 1.00. The van der Waals surface area contributed by atoms with E-state index in [9.17, 15) is 0 Å². The third-order valence-corrected chi connectivity index (χ3v) is 3.64. The summed E-state index contributed by atoms with van der Waals surface area (Å²) in [6.45, 7) is 20.0. The monoisotopic (exact) mass is 256 g/mol. The molecule has 0 atom stereocenters. The molecule has 0 radical (unpaired) electrons. The summed E-state index contributed by atoms with van der Waals surface area (Å²) in [7, 11) is 2.22. The molecule has 0 spiro atoms. The number of nitrogens with zero attached hydrogens (tertiary/aromatic N) is 2. The molecule has 0 aliphatic heterocycles. The van der Waals surface area contributed by atoms with E-state index in [1.54, 1.807) is 0 Å². The molecule has 2 nitrogen and oxygen atoms in total. The first-order valence-corrected chi connectivity index (χ1v) is 7.71. The molecule has 0 N–H and O–H groups in total. The van der Waals surface area contributed by atoms with E-state index in [4.69, 9.17) is 0 Å². The van der Waals surface area contributed by atoms with Gasteiger partial charge in [-0.3, -0.25) is 0 Å². The van der Waals surface area contributed by atoms with Crippen molar-refractivity contribution in [3.05, 3.63) is 0 Å². The third kappa shape index (κ3) is 8.93. The molecule has 0 aliphatic rings. The van der Waals surface area contributed by atoms with Crippen LogP contribution in [0.25, 0.3) is 0 Å². The Bertz CT molecular complexity index is 199. The Balaban J connectivity index is 3.92. The average molecular weight is 256 g/mol. The van der Waals surface area contributed by atoms with Gasteiger partial charge in [0, 0.05) is 13.1 Å². The first kappa shape index (κ1) is 17.9. The van der Waals surface area contributed by atoms with Gasteiger partial charge in [0.15, 0.2) is 0 Å². The molecule has 0 unspecified atom stereocenters. The largest absolute Gasteiger partial charge is 0.306 e. The lowest BCUT2D eigenvalue weighted by atomic mass is 9.87. The summed E-state index contributed by atoms with van der Waals surface area (Å²) < 4.78 is 0. The van der Waals surface area contributed by atoms with E-state index in [0.29, 0.717) is 5.41 Å². The molecular formula is C16H36N2. The molecule has 0 rings (SSSR count). The van der Waals surface area contributed by atoms with Gasteiger partial charge < -0.3 is 9.80 Å². The lowest BCUT2D eigenvalue weighted by Gasteiger charge is -2.31. The normalized spacial score (nSPS) is 13.0. The standard InChI is InChI=1S/C16H36N2/c1-8-17(7)14-16(5,6)11-10-12-18(9-2)13-15(3)4/h15H,8-14H2,1-7H3. The lowest BCUT2D eigenvalue weighted by molar-refractivity contribution is 0.183. The topological polar surface area (TPSA) is 6.48 Å². The van der Waals surface area contributed by atoms with E-state index < -0.39 is 0 Å². The Morgan fingerprint density at radius 1 is 1.06 bits per heavy atom. The molecule has 0 aromatic heterocycles. The van der Waals surface area contributed by atoms with Gasteiger partial charge in [-0.15, -0.1) is 0 Å². The Kier molecular flexibility index (Phi) is 8.89. The Morgan fingerprint density at radius 2 is 1.67 bits per heavy atom. The summed E-state index contributed by atoms with van der Waals surface area (Å²) in [5.41, 5.74) is 0.446. The molecule has 0 aliphatic carbocycles. The minimum absolute atomic E-state index is 0.446. The highest BCUT2D eigenvalue weighted by atomic mass is 15.1. The van der Waals surface area contributed by atoms with E-state index in [1.807, 2.05) is 0 Å². The predicted molar refractivity (Wildman–Crippen MR) is 83.1 cm³/mol. The summed E-state index contributed by atoms with van der Waals surface area (Å²) in [6.07, 6.45) is 2.65. The molecule has 110 valence electrons. The smallest absolute Gasteiger partial charge is 0.00295 e. The maximum atomic E-state index is 2.59. The summed E-state index contributed by atoms with van der Waals surface area (Å²) in [5.74, 6) is 0.782. The van der Waals surface area contributed by atoms with Crippen LogP contribution in [0, 0.1) is 11.3 Å². The molecule has 0 aromatic rings. The van der Waals surface area contributed by atoms with E-state index in [0.717, 1.165) is 12.5 Å². The number of hydrogen-bond acceptors (Lipinski definition) is 2. The number of rotatable bonds is 10. The molecule has 18 heavy (non-hydrogen) atoms. The van der Waals surface area contributed by atoms with Crippen molar-refractivity contribution < 1.29 is 0 Å². The van der Waals surface area contributed by atoms with Gasteiger partial charge >= 0.3 is 0 Å². The van der Waals surface area contributed by atoms with Gasteiger partial charge in [-0.25, -0.2) is 0 Å². The van der Waals surface area contributed by atoms with Gasteiger partial charge in [-0.1, -0.05) is 41.5 Å². The van der Waals surface area contributed by atoms with E-state index in [-0.39, 0.29) is 0 Å². The van der Waals surface area contributed by atoms with Gasteiger partial charge in [-0.05, 0) is 50.9 Å². The second kappa shape index (κ2) is 8.92. The van der Waals surface area contributed by atoms with E-state index in [1.165, 1.54) is 39.0 Å². The van der Waals surface area contributed by atoms with Crippen LogP contribution in [0.2, 0.25) is 0 Å². The minimum Gasteiger partial charge on any atom is -0.306 e. The molecule has 0 heterocycles. The quantitative estimate of drug-likeness (QED) is 0.588. The highest BCUT2D eigenvalue weighted by Gasteiger charge is 2.19. The van der Waals surface area contributed by atoms with Crippen molar-refractivity contribution in [3.63, 3.8) is 0 Å². The van der Waals surface area contributed by atoms with E-state index >= 15 is 0 Å². The van der Waals surface area contributed by atoms with Crippen molar-refractivity contribution in [3.8, 4) is 0 Å².